The van der Waals surface area contributed by atoms with Crippen LogP contribution in [-0.4, -0.2) is 66.5 Å². The van der Waals surface area contributed by atoms with Gasteiger partial charge in [-0.05, 0) is 77.8 Å². The summed E-state index contributed by atoms with van der Waals surface area (Å²) in [6.45, 7) is 10.3. The molecule has 1 atom stereocenters. The second kappa shape index (κ2) is 13.1. The highest BCUT2D eigenvalue weighted by Gasteiger charge is 2.29. The van der Waals surface area contributed by atoms with Crippen molar-refractivity contribution in [2.75, 3.05) is 45.0 Å². The van der Waals surface area contributed by atoms with Crippen molar-refractivity contribution in [2.24, 2.45) is 16.6 Å². The van der Waals surface area contributed by atoms with Gasteiger partial charge in [0, 0.05) is 23.8 Å². The van der Waals surface area contributed by atoms with Crippen LogP contribution in [0.2, 0.25) is 0 Å². The van der Waals surface area contributed by atoms with Gasteiger partial charge in [-0.1, -0.05) is 0 Å². The molecule has 6 nitrogen and oxygen atoms in total. The third kappa shape index (κ3) is 9.21. The summed E-state index contributed by atoms with van der Waals surface area (Å²) in [7, 11) is 0. The highest BCUT2D eigenvalue weighted by atomic mass is 127. The summed E-state index contributed by atoms with van der Waals surface area (Å²) in [5, 5.41) is 6.83. The molecule has 0 aromatic carbocycles. The lowest BCUT2D eigenvalue weighted by molar-refractivity contribution is -0.123. The maximum absolute atomic E-state index is 11.2. The number of piperidine rings is 1. The standard InChI is InChI=1S/C19H37N5OS.HI/c1-3-21-18(23-15-19(2)9-6-14-26-19)22-10-4-5-11-24-12-7-16(8-13-24)17(20)25;/h16H,3-15H2,1-2H3,(H2,20,25)(H2,21,22,23);1H. The van der Waals surface area contributed by atoms with Crippen molar-refractivity contribution in [3.8, 4) is 0 Å². The average molecular weight is 512 g/mol. The zero-order valence-electron chi connectivity index (χ0n) is 17.0. The molecular formula is C19H38IN5OS. The normalized spacial score (nSPS) is 24.4. The Morgan fingerprint density at radius 1 is 1.30 bits per heavy atom. The zero-order chi connectivity index (χ0) is 18.8. The molecule has 27 heavy (non-hydrogen) atoms. The molecule has 0 saturated carbocycles. The topological polar surface area (TPSA) is 82.8 Å². The molecule has 0 aromatic heterocycles. The van der Waals surface area contributed by atoms with Crippen LogP contribution >= 0.6 is 35.7 Å². The predicted octanol–water partition coefficient (Wildman–Crippen LogP) is 2.42. The first-order valence-electron chi connectivity index (χ1n) is 10.2. The van der Waals surface area contributed by atoms with E-state index >= 15 is 0 Å². The molecule has 2 fully saturated rings. The number of guanidine groups is 1. The Hall–Kier alpha value is -0.220. The van der Waals surface area contributed by atoms with Crippen LogP contribution in [0.3, 0.4) is 0 Å². The lowest BCUT2D eigenvalue weighted by Crippen LogP contribution is -2.40. The van der Waals surface area contributed by atoms with Gasteiger partial charge in [-0.15, -0.1) is 24.0 Å². The summed E-state index contributed by atoms with van der Waals surface area (Å²) in [5.41, 5.74) is 5.39. The number of hydrogen-bond acceptors (Lipinski definition) is 4. The maximum atomic E-state index is 11.2. The van der Waals surface area contributed by atoms with E-state index in [9.17, 15) is 4.79 Å². The number of likely N-dealkylation sites (tertiary alicyclic amines) is 1. The Morgan fingerprint density at radius 3 is 2.63 bits per heavy atom. The molecule has 0 radical (unpaired) electrons. The minimum Gasteiger partial charge on any atom is -0.369 e. The largest absolute Gasteiger partial charge is 0.369 e. The van der Waals surface area contributed by atoms with Gasteiger partial charge >= 0.3 is 0 Å². The molecule has 0 aromatic rings. The number of primary amides is 1. The van der Waals surface area contributed by atoms with Crippen molar-refractivity contribution >= 4 is 47.6 Å². The smallest absolute Gasteiger partial charge is 0.220 e. The Balaban J connectivity index is 0.00000364. The molecule has 8 heteroatoms. The number of unbranched alkanes of at least 4 members (excludes halogenated alkanes) is 1. The Bertz CT molecular complexity index is 463. The summed E-state index contributed by atoms with van der Waals surface area (Å²) >= 11 is 2.06. The van der Waals surface area contributed by atoms with Crippen LogP contribution in [0.25, 0.3) is 0 Å². The zero-order valence-corrected chi connectivity index (χ0v) is 20.1. The van der Waals surface area contributed by atoms with E-state index in [-0.39, 0.29) is 35.8 Å². The number of nitrogens with zero attached hydrogens (tertiary/aromatic N) is 2. The molecule has 0 spiro atoms. The summed E-state index contributed by atoms with van der Waals surface area (Å²) in [4.78, 5) is 18.5. The van der Waals surface area contributed by atoms with Crippen LogP contribution in [0.1, 0.15) is 52.4 Å². The van der Waals surface area contributed by atoms with E-state index in [1.54, 1.807) is 0 Å². The van der Waals surface area contributed by atoms with Gasteiger partial charge in [-0.2, -0.15) is 11.8 Å². The van der Waals surface area contributed by atoms with Gasteiger partial charge in [0.05, 0.1) is 6.54 Å². The molecule has 2 saturated heterocycles. The van der Waals surface area contributed by atoms with E-state index < -0.39 is 0 Å². The number of nitrogens with one attached hydrogen (secondary N) is 2. The average Bonchev–Trinajstić information content (AvgIpc) is 3.06. The van der Waals surface area contributed by atoms with Gasteiger partial charge in [0.25, 0.3) is 0 Å². The molecule has 4 N–H and O–H groups in total. The summed E-state index contributed by atoms with van der Waals surface area (Å²) < 4.78 is 0.319. The van der Waals surface area contributed by atoms with Crippen LogP contribution in [0.15, 0.2) is 4.99 Å². The number of aliphatic imine (C=N–C) groups is 1. The Labute approximate surface area is 186 Å². The molecular weight excluding hydrogens is 473 g/mol. The van der Waals surface area contributed by atoms with Crippen LogP contribution in [-0.2, 0) is 4.79 Å². The van der Waals surface area contributed by atoms with Crippen LogP contribution in [0.4, 0.5) is 0 Å². The first-order valence-corrected chi connectivity index (χ1v) is 11.2. The van der Waals surface area contributed by atoms with Gasteiger partial charge in [0.1, 0.15) is 0 Å². The summed E-state index contributed by atoms with van der Waals surface area (Å²) in [6.07, 6.45) is 6.72. The lowest BCUT2D eigenvalue weighted by atomic mass is 9.96. The first-order chi connectivity index (χ1) is 12.5. The molecule has 0 bridgehead atoms. The van der Waals surface area contributed by atoms with Crippen molar-refractivity contribution in [3.05, 3.63) is 0 Å². The van der Waals surface area contributed by atoms with E-state index in [1.807, 2.05) is 0 Å². The van der Waals surface area contributed by atoms with Crippen molar-refractivity contribution in [2.45, 2.75) is 57.1 Å². The molecule has 158 valence electrons. The summed E-state index contributed by atoms with van der Waals surface area (Å²) in [6, 6.07) is 0. The Morgan fingerprint density at radius 2 is 2.04 bits per heavy atom. The third-order valence-electron chi connectivity index (χ3n) is 5.40. The number of hydrogen-bond donors (Lipinski definition) is 3. The van der Waals surface area contributed by atoms with Crippen molar-refractivity contribution in [3.63, 3.8) is 0 Å². The quantitative estimate of drug-likeness (QED) is 0.192. The van der Waals surface area contributed by atoms with Crippen LogP contribution in [0, 0.1) is 5.92 Å². The fourth-order valence-corrected chi connectivity index (χ4v) is 4.88. The third-order valence-corrected chi connectivity index (χ3v) is 6.92. The molecule has 2 heterocycles. The van der Waals surface area contributed by atoms with Crippen molar-refractivity contribution < 1.29 is 4.79 Å². The highest BCUT2D eigenvalue weighted by Crippen LogP contribution is 2.37. The van der Waals surface area contributed by atoms with E-state index in [2.05, 4.69) is 41.1 Å². The van der Waals surface area contributed by atoms with Crippen molar-refractivity contribution in [1.29, 1.82) is 0 Å². The van der Waals surface area contributed by atoms with Crippen LogP contribution in [0.5, 0.6) is 0 Å². The second-order valence-corrected chi connectivity index (χ2v) is 9.43. The number of carbonyl (C=O) groups excluding carboxylic acids is 1. The van der Waals surface area contributed by atoms with Gasteiger partial charge < -0.3 is 21.3 Å². The number of carbonyl (C=O) groups is 1. The summed E-state index contributed by atoms with van der Waals surface area (Å²) in [5.74, 6) is 2.18. The first kappa shape index (κ1) is 24.8. The predicted molar refractivity (Wildman–Crippen MR) is 127 cm³/mol. The molecule has 1 amide bonds. The number of thioether (sulfide) groups is 1. The van der Waals surface area contributed by atoms with E-state index in [1.165, 1.54) is 25.0 Å². The lowest BCUT2D eigenvalue weighted by Gasteiger charge is -2.30. The van der Waals surface area contributed by atoms with Gasteiger partial charge in [0.15, 0.2) is 5.96 Å². The number of amides is 1. The van der Waals surface area contributed by atoms with E-state index in [4.69, 9.17) is 10.7 Å². The number of halogens is 1. The van der Waals surface area contributed by atoms with E-state index in [0.29, 0.717) is 4.75 Å². The second-order valence-electron chi connectivity index (χ2n) is 7.75. The van der Waals surface area contributed by atoms with Gasteiger partial charge in [-0.25, -0.2) is 0 Å². The SMILES string of the molecule is CCNC(=NCC1(C)CCCS1)NCCCCN1CCC(C(N)=O)CC1.I. The minimum atomic E-state index is -0.131. The van der Waals surface area contributed by atoms with E-state index in [0.717, 1.165) is 64.5 Å². The highest BCUT2D eigenvalue weighted by molar-refractivity contribution is 14.0. The molecule has 2 aliphatic heterocycles. The fraction of sp³-hybridized carbons (Fsp3) is 0.895. The van der Waals surface area contributed by atoms with Crippen LogP contribution < -0.4 is 16.4 Å². The number of rotatable bonds is 9. The monoisotopic (exact) mass is 511 g/mol. The Kier molecular flexibility index (Phi) is 12.0. The van der Waals surface area contributed by atoms with Gasteiger partial charge in [0.2, 0.25) is 5.91 Å². The van der Waals surface area contributed by atoms with Crippen molar-refractivity contribution in [1.82, 2.24) is 15.5 Å². The van der Waals surface area contributed by atoms with Gasteiger partial charge in [-0.3, -0.25) is 9.79 Å². The molecule has 1 unspecified atom stereocenters. The minimum absolute atomic E-state index is 0. The number of nitrogens with two attached hydrogens (primary N) is 1. The fourth-order valence-electron chi connectivity index (χ4n) is 3.66. The maximum Gasteiger partial charge on any atom is 0.220 e. The molecule has 2 rings (SSSR count). The molecule has 2 aliphatic rings. The molecule has 0 aliphatic carbocycles.